The van der Waals surface area contributed by atoms with E-state index in [1.54, 1.807) is 24.3 Å². The highest BCUT2D eigenvalue weighted by Crippen LogP contribution is 2.17. The number of thioether (sulfide) groups is 1. The van der Waals surface area contributed by atoms with Crippen molar-refractivity contribution in [3.05, 3.63) is 34.9 Å². The molecule has 1 nitrogen and oxygen atoms in total. The molecule has 0 fully saturated rings. The predicted octanol–water partition coefficient (Wildman–Crippen LogP) is 6.35. The molecule has 0 radical (unpaired) electrons. The van der Waals surface area contributed by atoms with Gasteiger partial charge >= 0.3 is 0 Å². The van der Waals surface area contributed by atoms with Crippen molar-refractivity contribution in [1.29, 1.82) is 0 Å². The second-order valence-corrected chi connectivity index (χ2v) is 6.62. The number of hydrogen-bond acceptors (Lipinski definition) is 2. The highest BCUT2D eigenvalue weighted by molar-refractivity contribution is 8.14. The lowest BCUT2D eigenvalue weighted by Gasteiger charge is -2.02. The summed E-state index contributed by atoms with van der Waals surface area (Å²) in [6.45, 7) is 2.24. The average molecular weight is 313 g/mol. The van der Waals surface area contributed by atoms with E-state index in [1.807, 2.05) is 0 Å². The summed E-state index contributed by atoms with van der Waals surface area (Å²) in [6, 6.07) is 7.13. The molecule has 0 saturated heterocycles. The van der Waals surface area contributed by atoms with E-state index in [0.29, 0.717) is 5.02 Å². The Morgan fingerprint density at radius 1 is 0.950 bits per heavy atom. The summed E-state index contributed by atoms with van der Waals surface area (Å²) in [5.41, 5.74) is 0.749. The molecule has 0 heterocycles. The molecule has 0 N–H and O–H groups in total. The number of halogens is 1. The molecular formula is C17H25ClOS. The highest BCUT2D eigenvalue weighted by atomic mass is 35.5. The first-order valence-corrected chi connectivity index (χ1v) is 9.03. The van der Waals surface area contributed by atoms with Gasteiger partial charge in [-0.3, -0.25) is 4.79 Å². The zero-order chi connectivity index (χ0) is 14.6. The van der Waals surface area contributed by atoms with Crippen LogP contribution in [-0.4, -0.2) is 10.9 Å². The maximum absolute atomic E-state index is 11.9. The molecule has 0 aliphatic heterocycles. The Hall–Kier alpha value is -0.470. The van der Waals surface area contributed by atoms with Crippen LogP contribution in [0.3, 0.4) is 0 Å². The van der Waals surface area contributed by atoms with Crippen LogP contribution in [0.15, 0.2) is 24.3 Å². The number of hydrogen-bond donors (Lipinski definition) is 0. The van der Waals surface area contributed by atoms with Crippen LogP contribution in [0.1, 0.15) is 68.6 Å². The smallest absolute Gasteiger partial charge is 0.219 e. The summed E-state index contributed by atoms with van der Waals surface area (Å²) >= 11 is 7.23. The molecular weight excluding hydrogens is 288 g/mol. The summed E-state index contributed by atoms with van der Waals surface area (Å²) in [7, 11) is 0. The van der Waals surface area contributed by atoms with Gasteiger partial charge in [-0.1, -0.05) is 75.2 Å². The van der Waals surface area contributed by atoms with Gasteiger partial charge in [-0.2, -0.15) is 0 Å². The molecule has 0 amide bonds. The second kappa shape index (κ2) is 11.2. The van der Waals surface area contributed by atoms with Crippen LogP contribution in [0.5, 0.6) is 0 Å². The fourth-order valence-corrected chi connectivity index (χ4v) is 3.03. The molecule has 0 atom stereocenters. The maximum Gasteiger partial charge on any atom is 0.219 e. The van der Waals surface area contributed by atoms with Crippen LogP contribution in [0, 0.1) is 0 Å². The van der Waals surface area contributed by atoms with Gasteiger partial charge in [0.1, 0.15) is 0 Å². The number of benzene rings is 1. The van der Waals surface area contributed by atoms with Crippen LogP contribution >= 0.6 is 23.4 Å². The minimum Gasteiger partial charge on any atom is -0.282 e. The number of rotatable bonds is 10. The van der Waals surface area contributed by atoms with Gasteiger partial charge in [-0.15, -0.1) is 0 Å². The van der Waals surface area contributed by atoms with Gasteiger partial charge < -0.3 is 0 Å². The quantitative estimate of drug-likeness (QED) is 0.468. The Morgan fingerprint density at radius 3 is 2.10 bits per heavy atom. The molecule has 0 saturated carbocycles. The number of carbonyl (C=O) groups is 1. The van der Waals surface area contributed by atoms with E-state index in [9.17, 15) is 4.79 Å². The SMILES string of the molecule is CCCCCCCCCCSC(=O)c1ccc(Cl)cc1. The van der Waals surface area contributed by atoms with Crippen LogP contribution in [-0.2, 0) is 0 Å². The molecule has 0 aliphatic rings. The van der Waals surface area contributed by atoms with Gasteiger partial charge in [0.05, 0.1) is 0 Å². The van der Waals surface area contributed by atoms with Crippen molar-refractivity contribution in [1.82, 2.24) is 0 Å². The lowest BCUT2D eigenvalue weighted by atomic mass is 10.1. The monoisotopic (exact) mass is 312 g/mol. The van der Waals surface area contributed by atoms with Crippen molar-refractivity contribution in [3.63, 3.8) is 0 Å². The minimum atomic E-state index is 0.157. The molecule has 112 valence electrons. The zero-order valence-electron chi connectivity index (χ0n) is 12.4. The first-order valence-electron chi connectivity index (χ1n) is 7.66. The fraction of sp³-hybridized carbons (Fsp3) is 0.588. The molecule has 1 aromatic rings. The molecule has 1 aromatic carbocycles. The molecule has 0 spiro atoms. The van der Waals surface area contributed by atoms with E-state index in [0.717, 1.165) is 17.7 Å². The van der Waals surface area contributed by atoms with Gasteiger partial charge in [0.25, 0.3) is 0 Å². The molecule has 0 bridgehead atoms. The van der Waals surface area contributed by atoms with E-state index in [4.69, 9.17) is 11.6 Å². The zero-order valence-corrected chi connectivity index (χ0v) is 13.9. The van der Waals surface area contributed by atoms with Gasteiger partial charge in [0.2, 0.25) is 5.12 Å². The second-order valence-electron chi connectivity index (χ2n) is 5.12. The first kappa shape index (κ1) is 17.6. The molecule has 0 aliphatic carbocycles. The van der Waals surface area contributed by atoms with Crippen molar-refractivity contribution >= 4 is 28.5 Å². The van der Waals surface area contributed by atoms with Crippen molar-refractivity contribution in [2.24, 2.45) is 0 Å². The average Bonchev–Trinajstić information content (AvgIpc) is 2.46. The summed E-state index contributed by atoms with van der Waals surface area (Å²) in [5, 5.41) is 0.833. The van der Waals surface area contributed by atoms with Crippen LogP contribution < -0.4 is 0 Å². The highest BCUT2D eigenvalue weighted by Gasteiger charge is 2.05. The summed E-state index contributed by atoms with van der Waals surface area (Å²) in [5.74, 6) is 0.927. The fourth-order valence-electron chi connectivity index (χ4n) is 2.07. The standard InChI is InChI=1S/C17H25ClOS/c1-2-3-4-5-6-7-8-9-14-20-17(19)15-10-12-16(18)13-11-15/h10-13H,2-9,14H2,1H3. The minimum absolute atomic E-state index is 0.157. The van der Waals surface area contributed by atoms with Gasteiger partial charge in [-0.25, -0.2) is 0 Å². The van der Waals surface area contributed by atoms with Crippen LogP contribution in [0.4, 0.5) is 0 Å². The van der Waals surface area contributed by atoms with E-state index >= 15 is 0 Å². The lowest BCUT2D eigenvalue weighted by molar-refractivity contribution is 0.108. The Morgan fingerprint density at radius 2 is 1.50 bits per heavy atom. The number of unbranched alkanes of at least 4 members (excludes halogenated alkanes) is 7. The van der Waals surface area contributed by atoms with E-state index in [1.165, 1.54) is 56.7 Å². The molecule has 1 rings (SSSR count). The Bertz CT molecular complexity index is 375. The summed E-state index contributed by atoms with van der Waals surface area (Å²) in [6.07, 6.45) is 10.4. The van der Waals surface area contributed by atoms with Crippen molar-refractivity contribution in [2.75, 3.05) is 5.75 Å². The molecule has 20 heavy (non-hydrogen) atoms. The first-order chi connectivity index (χ1) is 9.74. The van der Waals surface area contributed by atoms with Crippen molar-refractivity contribution in [2.45, 2.75) is 58.3 Å². The normalized spacial score (nSPS) is 10.7. The molecule has 0 unspecified atom stereocenters. The molecule has 0 aromatic heterocycles. The maximum atomic E-state index is 11.9. The van der Waals surface area contributed by atoms with Crippen molar-refractivity contribution < 1.29 is 4.79 Å². The Balaban J connectivity index is 2.01. The Labute approximate surface area is 132 Å². The third-order valence-corrected chi connectivity index (χ3v) is 4.55. The lowest BCUT2D eigenvalue weighted by Crippen LogP contribution is -1.94. The third kappa shape index (κ3) is 7.96. The van der Waals surface area contributed by atoms with Gasteiger partial charge in [-0.05, 0) is 30.7 Å². The number of carbonyl (C=O) groups excluding carboxylic acids is 1. The largest absolute Gasteiger partial charge is 0.282 e. The van der Waals surface area contributed by atoms with Crippen LogP contribution in [0.2, 0.25) is 5.02 Å². The van der Waals surface area contributed by atoms with Crippen LogP contribution in [0.25, 0.3) is 0 Å². The van der Waals surface area contributed by atoms with Gasteiger partial charge in [0.15, 0.2) is 0 Å². The predicted molar refractivity (Wildman–Crippen MR) is 90.9 cm³/mol. The van der Waals surface area contributed by atoms with E-state index < -0.39 is 0 Å². The topological polar surface area (TPSA) is 17.1 Å². The summed E-state index contributed by atoms with van der Waals surface area (Å²) < 4.78 is 0. The van der Waals surface area contributed by atoms with Gasteiger partial charge in [0, 0.05) is 16.3 Å². The Kier molecular flexibility index (Phi) is 9.86. The molecule has 3 heteroatoms. The summed E-state index contributed by atoms with van der Waals surface area (Å²) in [4.78, 5) is 11.9. The van der Waals surface area contributed by atoms with E-state index in [-0.39, 0.29) is 5.12 Å². The van der Waals surface area contributed by atoms with E-state index in [2.05, 4.69) is 6.92 Å². The van der Waals surface area contributed by atoms with Crippen molar-refractivity contribution in [3.8, 4) is 0 Å². The third-order valence-electron chi connectivity index (χ3n) is 3.31.